The lowest BCUT2D eigenvalue weighted by atomic mass is 9.43. The molecule has 0 spiro atoms. The molecule has 2 N–H and O–H groups in total. The Kier molecular flexibility index (Phi) is 3.87. The van der Waals surface area contributed by atoms with Gasteiger partial charge in [0.2, 0.25) is 0 Å². The Hall–Kier alpha value is -1.39. The van der Waals surface area contributed by atoms with E-state index in [0.29, 0.717) is 5.92 Å². The number of hydrogen-bond acceptors (Lipinski definition) is 4. The highest BCUT2D eigenvalue weighted by molar-refractivity contribution is 5.29. The first-order chi connectivity index (χ1) is 13.2. The predicted molar refractivity (Wildman–Crippen MR) is 107 cm³/mol. The summed E-state index contributed by atoms with van der Waals surface area (Å²) in [7, 11) is 0. The topological polar surface area (TPSA) is 70.7 Å². The summed E-state index contributed by atoms with van der Waals surface area (Å²) in [6, 6.07) is 3.38. The molecule has 0 aliphatic heterocycles. The maximum atomic E-state index is 12.1. The molecule has 0 bridgehead atoms. The van der Waals surface area contributed by atoms with E-state index in [1.807, 2.05) is 12.1 Å². The second-order valence-electron chi connectivity index (χ2n) is 10.4. The Morgan fingerprint density at radius 2 is 1.75 bits per heavy atom. The van der Waals surface area contributed by atoms with E-state index in [1.165, 1.54) is 6.07 Å². The van der Waals surface area contributed by atoms with Gasteiger partial charge in [0.05, 0.1) is 17.5 Å². The van der Waals surface area contributed by atoms with Crippen LogP contribution in [0.5, 0.6) is 0 Å². The van der Waals surface area contributed by atoms with Crippen LogP contribution in [0.3, 0.4) is 0 Å². The van der Waals surface area contributed by atoms with Crippen molar-refractivity contribution in [1.82, 2.24) is 0 Å². The van der Waals surface area contributed by atoms with Crippen LogP contribution >= 0.6 is 0 Å². The van der Waals surface area contributed by atoms with Crippen LogP contribution in [0.4, 0.5) is 0 Å². The molecule has 4 aliphatic carbocycles. The summed E-state index contributed by atoms with van der Waals surface area (Å²) in [6.07, 6.45) is 13.1. The van der Waals surface area contributed by atoms with E-state index in [4.69, 9.17) is 4.42 Å². The molecule has 5 rings (SSSR count). The normalized spacial score (nSPS) is 49.9. The summed E-state index contributed by atoms with van der Waals surface area (Å²) in [5.74, 6) is 0.785. The van der Waals surface area contributed by atoms with Crippen LogP contribution in [0, 0.1) is 22.7 Å². The molecule has 3 saturated carbocycles. The van der Waals surface area contributed by atoms with E-state index in [0.717, 1.165) is 56.9 Å². The minimum absolute atomic E-state index is 0.153. The average Bonchev–Trinajstić information content (AvgIpc) is 2.94. The SMILES string of the molecule is CC12CCC=CC1(O)CCC1C2CCC2(C)C(c3ccc(=O)oc3)CCC12O. The fourth-order valence-electron chi connectivity index (χ4n) is 7.88. The molecule has 152 valence electrons. The molecule has 28 heavy (non-hydrogen) atoms. The highest BCUT2D eigenvalue weighted by atomic mass is 16.4. The van der Waals surface area contributed by atoms with E-state index in [-0.39, 0.29) is 28.3 Å². The first-order valence-electron chi connectivity index (χ1n) is 10.9. The molecule has 1 heterocycles. The van der Waals surface area contributed by atoms with Gasteiger partial charge in [0, 0.05) is 16.9 Å². The second kappa shape index (κ2) is 5.82. The average molecular weight is 385 g/mol. The molecule has 4 aliphatic rings. The van der Waals surface area contributed by atoms with Crippen molar-refractivity contribution in [3.05, 3.63) is 46.5 Å². The van der Waals surface area contributed by atoms with Gasteiger partial charge in [-0.05, 0) is 80.8 Å². The van der Waals surface area contributed by atoms with Crippen molar-refractivity contribution in [3.8, 4) is 0 Å². The van der Waals surface area contributed by atoms with Crippen molar-refractivity contribution >= 4 is 0 Å². The number of rotatable bonds is 1. The van der Waals surface area contributed by atoms with Crippen molar-refractivity contribution < 1.29 is 14.6 Å². The van der Waals surface area contributed by atoms with Gasteiger partial charge < -0.3 is 14.6 Å². The standard InChI is InChI=1S/C24H32O4/c1-21-10-3-4-11-23(21,26)13-8-19-18(21)7-12-22(2)17(9-14-24(19,22)27)16-5-6-20(25)28-15-16/h4-6,11,15,17-19,26-27H,3,7-10,12-14H2,1-2H3. The maximum absolute atomic E-state index is 12.1. The van der Waals surface area contributed by atoms with Crippen LogP contribution in [0.25, 0.3) is 0 Å². The highest BCUT2D eigenvalue weighted by Gasteiger charge is 2.69. The lowest BCUT2D eigenvalue weighted by Gasteiger charge is -2.64. The first-order valence-corrected chi connectivity index (χ1v) is 10.9. The highest BCUT2D eigenvalue weighted by Crippen LogP contribution is 2.70. The van der Waals surface area contributed by atoms with Crippen LogP contribution in [0.1, 0.15) is 76.7 Å². The maximum Gasteiger partial charge on any atom is 0.335 e. The molecule has 7 atom stereocenters. The van der Waals surface area contributed by atoms with Crippen LogP contribution in [-0.2, 0) is 0 Å². The largest absolute Gasteiger partial charge is 0.431 e. The van der Waals surface area contributed by atoms with E-state index in [2.05, 4.69) is 19.9 Å². The zero-order valence-electron chi connectivity index (χ0n) is 17.0. The number of fused-ring (bicyclic) bond motifs is 5. The van der Waals surface area contributed by atoms with Crippen molar-refractivity contribution in [2.45, 2.75) is 82.3 Å². The molecule has 1 aromatic rings. The third-order valence-corrected chi connectivity index (χ3v) is 9.64. The lowest BCUT2D eigenvalue weighted by molar-refractivity contribution is -0.225. The zero-order valence-corrected chi connectivity index (χ0v) is 17.0. The van der Waals surface area contributed by atoms with Gasteiger partial charge >= 0.3 is 5.63 Å². The van der Waals surface area contributed by atoms with Gasteiger partial charge in [0.15, 0.2) is 0 Å². The quantitative estimate of drug-likeness (QED) is 0.713. The van der Waals surface area contributed by atoms with Crippen molar-refractivity contribution in [3.63, 3.8) is 0 Å². The van der Waals surface area contributed by atoms with Crippen LogP contribution < -0.4 is 5.63 Å². The minimum atomic E-state index is -0.725. The van der Waals surface area contributed by atoms with Crippen molar-refractivity contribution in [2.75, 3.05) is 0 Å². The number of allylic oxidation sites excluding steroid dienone is 1. The summed E-state index contributed by atoms with van der Waals surface area (Å²) >= 11 is 0. The van der Waals surface area contributed by atoms with Crippen LogP contribution in [0.15, 0.2) is 39.8 Å². The Balaban J connectivity index is 1.53. The predicted octanol–water partition coefficient (Wildman–Crippen LogP) is 4.16. The van der Waals surface area contributed by atoms with Crippen LogP contribution in [0.2, 0.25) is 0 Å². The molecule has 4 heteroatoms. The molecule has 3 fully saturated rings. The summed E-state index contributed by atoms with van der Waals surface area (Å²) in [5.41, 5.74) is -1.10. The van der Waals surface area contributed by atoms with Gasteiger partial charge in [0.1, 0.15) is 0 Å². The Morgan fingerprint density at radius 3 is 2.50 bits per heavy atom. The van der Waals surface area contributed by atoms with Gasteiger partial charge in [-0.2, -0.15) is 0 Å². The Morgan fingerprint density at radius 1 is 0.964 bits per heavy atom. The minimum Gasteiger partial charge on any atom is -0.431 e. The Bertz CT molecular complexity index is 853. The smallest absolute Gasteiger partial charge is 0.335 e. The first kappa shape index (κ1) is 18.6. The number of aliphatic hydroxyl groups is 2. The Labute approximate surface area is 166 Å². The van der Waals surface area contributed by atoms with Gasteiger partial charge in [-0.15, -0.1) is 0 Å². The fourth-order valence-corrected chi connectivity index (χ4v) is 7.88. The zero-order chi connectivity index (χ0) is 19.8. The molecular weight excluding hydrogens is 352 g/mol. The van der Waals surface area contributed by atoms with E-state index < -0.39 is 11.2 Å². The molecule has 7 unspecified atom stereocenters. The molecule has 4 nitrogen and oxygen atoms in total. The summed E-state index contributed by atoms with van der Waals surface area (Å²) in [5, 5.41) is 23.6. The van der Waals surface area contributed by atoms with Gasteiger partial charge in [0.25, 0.3) is 0 Å². The molecule has 1 aromatic heterocycles. The monoisotopic (exact) mass is 384 g/mol. The fraction of sp³-hybridized carbons (Fsp3) is 0.708. The van der Waals surface area contributed by atoms with E-state index >= 15 is 0 Å². The summed E-state index contributed by atoms with van der Waals surface area (Å²) in [6.45, 7) is 4.51. The molecule has 0 radical (unpaired) electrons. The van der Waals surface area contributed by atoms with Crippen molar-refractivity contribution in [2.24, 2.45) is 22.7 Å². The third kappa shape index (κ3) is 2.16. The second-order valence-corrected chi connectivity index (χ2v) is 10.4. The molecule has 0 aromatic carbocycles. The van der Waals surface area contributed by atoms with E-state index in [1.54, 1.807) is 6.26 Å². The van der Waals surface area contributed by atoms with E-state index in [9.17, 15) is 15.0 Å². The van der Waals surface area contributed by atoms with Crippen molar-refractivity contribution in [1.29, 1.82) is 0 Å². The molecular formula is C24H32O4. The lowest BCUT2D eigenvalue weighted by Crippen LogP contribution is -2.65. The molecule has 0 amide bonds. The van der Waals surface area contributed by atoms with Gasteiger partial charge in [-0.3, -0.25) is 0 Å². The summed E-state index contributed by atoms with van der Waals surface area (Å²) < 4.78 is 5.16. The third-order valence-electron chi connectivity index (χ3n) is 9.64. The van der Waals surface area contributed by atoms with Gasteiger partial charge in [-0.1, -0.05) is 26.0 Å². The molecule has 0 saturated heterocycles. The number of hydrogen-bond donors (Lipinski definition) is 2. The van der Waals surface area contributed by atoms with Gasteiger partial charge in [-0.25, -0.2) is 4.79 Å². The van der Waals surface area contributed by atoms with Crippen LogP contribution in [-0.4, -0.2) is 21.4 Å². The summed E-state index contributed by atoms with van der Waals surface area (Å²) in [4.78, 5) is 11.4.